The van der Waals surface area contributed by atoms with Gasteiger partial charge in [-0.25, -0.2) is 4.98 Å². The molecule has 4 nitrogen and oxygen atoms in total. The van der Waals surface area contributed by atoms with E-state index in [9.17, 15) is 0 Å². The predicted octanol–water partition coefficient (Wildman–Crippen LogP) is 13.4. The maximum atomic E-state index is 5.12. The van der Waals surface area contributed by atoms with Crippen molar-refractivity contribution in [2.45, 2.75) is 18.3 Å². The number of hydrogen-bond acceptors (Lipinski definition) is 2. The van der Waals surface area contributed by atoms with Gasteiger partial charge in [0.2, 0.25) is 0 Å². The number of imidazole rings is 1. The van der Waals surface area contributed by atoms with Gasteiger partial charge in [0, 0.05) is 34.1 Å². The third-order valence-corrected chi connectivity index (χ3v) is 12.5. The first-order valence-electron chi connectivity index (χ1n) is 20.5. The smallest absolute Gasteiger partial charge is 0.145 e. The van der Waals surface area contributed by atoms with Crippen molar-refractivity contribution >= 4 is 38.7 Å². The highest BCUT2D eigenvalue weighted by Gasteiger charge is 2.47. The molecule has 2 aliphatic rings. The van der Waals surface area contributed by atoms with Crippen LogP contribution in [0.3, 0.4) is 0 Å². The minimum Gasteiger partial charge on any atom is -0.307 e. The molecule has 0 spiro atoms. The van der Waals surface area contributed by atoms with Gasteiger partial charge in [0.05, 0.1) is 33.0 Å². The van der Waals surface area contributed by atoms with Crippen molar-refractivity contribution in [3.8, 4) is 39.3 Å². The summed E-state index contributed by atoms with van der Waals surface area (Å²) >= 11 is 0. The third-order valence-electron chi connectivity index (χ3n) is 12.5. The summed E-state index contributed by atoms with van der Waals surface area (Å²) in [4.78, 5) is 10.1. The Morgan fingerprint density at radius 3 is 1.93 bits per heavy atom. The molecule has 0 amide bonds. The standard InChI is InChI=1S/C55H38N4/c1-4-15-40(16-5-1)55(41-17-6-2-7-18-41)46-22-11-10-21-44(46)51-47(55)35-34-45-52-50(25-14-36-56-52)58(53(45)51)43-32-30-38(31-33-43)37-26-28-39(29-27-37)54-57-48-23-12-13-24-49(48)59(54)42-19-8-3-9-20-42/h1-8,10-19,21-36H,9,20H2. The fourth-order valence-corrected chi connectivity index (χ4v) is 10.0. The molecule has 7 aromatic carbocycles. The second-order valence-electron chi connectivity index (χ2n) is 15.6. The van der Waals surface area contributed by atoms with E-state index in [2.05, 4.69) is 209 Å². The SMILES string of the molecule is C1=CCCC(n2c(-c3ccc(-c4ccc(-n5c6cccnc6c6ccc7c(c65)-c5ccccc5C7(c5ccccc5)c5ccccc5)cc4)cc3)nc3ccccc32)=C1. The fraction of sp³-hybridized carbons (Fsp3) is 0.0545. The molecule has 0 N–H and O–H groups in total. The lowest BCUT2D eigenvalue weighted by molar-refractivity contribution is 0.769. The van der Waals surface area contributed by atoms with E-state index in [1.807, 2.05) is 6.20 Å². The van der Waals surface area contributed by atoms with Crippen molar-refractivity contribution in [1.82, 2.24) is 19.1 Å². The van der Waals surface area contributed by atoms with Gasteiger partial charge in [-0.2, -0.15) is 0 Å². The number of benzene rings is 7. The lowest BCUT2D eigenvalue weighted by atomic mass is 9.67. The number of allylic oxidation sites excluding steroid dienone is 4. The van der Waals surface area contributed by atoms with Crippen LogP contribution in [0.25, 0.3) is 78.0 Å². The average molecular weight is 755 g/mol. The first-order valence-corrected chi connectivity index (χ1v) is 20.5. The van der Waals surface area contributed by atoms with Crippen molar-refractivity contribution in [2.75, 3.05) is 0 Å². The number of fused-ring (bicyclic) bond motifs is 8. The van der Waals surface area contributed by atoms with Gasteiger partial charge in [0.1, 0.15) is 5.82 Å². The second kappa shape index (κ2) is 13.3. The van der Waals surface area contributed by atoms with E-state index >= 15 is 0 Å². The highest BCUT2D eigenvalue weighted by atomic mass is 15.1. The summed E-state index contributed by atoms with van der Waals surface area (Å²) in [7, 11) is 0. The number of hydrogen-bond donors (Lipinski definition) is 0. The molecule has 10 aromatic rings. The van der Waals surface area contributed by atoms with E-state index in [1.165, 1.54) is 44.6 Å². The molecular weight excluding hydrogens is 717 g/mol. The number of aromatic nitrogens is 4. The molecule has 0 saturated carbocycles. The minimum absolute atomic E-state index is 0.484. The van der Waals surface area contributed by atoms with Crippen LogP contribution in [0.4, 0.5) is 0 Å². The van der Waals surface area contributed by atoms with E-state index in [4.69, 9.17) is 9.97 Å². The molecule has 0 fully saturated rings. The van der Waals surface area contributed by atoms with Crippen LogP contribution in [0.15, 0.2) is 206 Å². The summed E-state index contributed by atoms with van der Waals surface area (Å²) in [5.41, 5.74) is 18.4. The maximum Gasteiger partial charge on any atom is 0.145 e. The normalized spacial score (nSPS) is 14.1. The van der Waals surface area contributed by atoms with Crippen molar-refractivity contribution < 1.29 is 0 Å². The lowest BCUT2D eigenvalue weighted by Gasteiger charge is -2.33. The number of para-hydroxylation sites is 2. The molecule has 12 rings (SSSR count). The summed E-state index contributed by atoms with van der Waals surface area (Å²) in [5.74, 6) is 0.979. The van der Waals surface area contributed by atoms with Crippen LogP contribution in [0.5, 0.6) is 0 Å². The van der Waals surface area contributed by atoms with E-state index in [0.717, 1.165) is 68.5 Å². The van der Waals surface area contributed by atoms with Gasteiger partial charge in [-0.1, -0.05) is 158 Å². The summed E-state index contributed by atoms with van der Waals surface area (Å²) in [6.45, 7) is 0. The van der Waals surface area contributed by atoms with E-state index in [1.54, 1.807) is 0 Å². The molecule has 3 aromatic heterocycles. The average Bonchev–Trinajstić information content (AvgIpc) is 3.97. The molecule has 0 atom stereocenters. The number of rotatable bonds is 6. The molecule has 0 radical (unpaired) electrons. The van der Waals surface area contributed by atoms with Gasteiger partial charge in [-0.05, 0) is 94.3 Å². The van der Waals surface area contributed by atoms with Gasteiger partial charge < -0.3 is 4.57 Å². The fourth-order valence-electron chi connectivity index (χ4n) is 10.0. The molecule has 3 heterocycles. The summed E-state index contributed by atoms with van der Waals surface area (Å²) in [6.07, 6.45) is 10.6. The zero-order valence-electron chi connectivity index (χ0n) is 32.3. The molecule has 0 saturated heterocycles. The molecular formula is C55H38N4. The van der Waals surface area contributed by atoms with Crippen LogP contribution in [-0.2, 0) is 5.41 Å². The van der Waals surface area contributed by atoms with Crippen LogP contribution in [0.1, 0.15) is 35.1 Å². The Hall–Kier alpha value is -7.56. The van der Waals surface area contributed by atoms with E-state index in [-0.39, 0.29) is 0 Å². The molecule has 4 heteroatoms. The van der Waals surface area contributed by atoms with E-state index in [0.29, 0.717) is 0 Å². The van der Waals surface area contributed by atoms with Crippen molar-refractivity contribution in [3.63, 3.8) is 0 Å². The van der Waals surface area contributed by atoms with Gasteiger partial charge >= 0.3 is 0 Å². The largest absolute Gasteiger partial charge is 0.307 e. The van der Waals surface area contributed by atoms with E-state index < -0.39 is 5.41 Å². The van der Waals surface area contributed by atoms with Crippen molar-refractivity contribution in [1.29, 1.82) is 0 Å². The van der Waals surface area contributed by atoms with Crippen molar-refractivity contribution in [2.24, 2.45) is 0 Å². The lowest BCUT2D eigenvalue weighted by Crippen LogP contribution is -2.28. The maximum absolute atomic E-state index is 5.12. The highest BCUT2D eigenvalue weighted by Crippen LogP contribution is 2.58. The highest BCUT2D eigenvalue weighted by molar-refractivity contribution is 6.14. The van der Waals surface area contributed by atoms with Crippen LogP contribution < -0.4 is 0 Å². The second-order valence-corrected chi connectivity index (χ2v) is 15.6. The van der Waals surface area contributed by atoms with Gasteiger partial charge in [0.25, 0.3) is 0 Å². The van der Waals surface area contributed by atoms with Gasteiger partial charge in [-0.15, -0.1) is 0 Å². The van der Waals surface area contributed by atoms with Crippen molar-refractivity contribution in [3.05, 3.63) is 229 Å². The zero-order valence-corrected chi connectivity index (χ0v) is 32.3. The van der Waals surface area contributed by atoms with Crippen LogP contribution in [-0.4, -0.2) is 19.1 Å². The Kier molecular flexibility index (Phi) is 7.54. The number of nitrogens with zero attached hydrogens (tertiary/aromatic N) is 4. The Morgan fingerprint density at radius 1 is 0.525 bits per heavy atom. The first kappa shape index (κ1) is 33.6. The molecule has 0 aliphatic heterocycles. The first-order chi connectivity index (χ1) is 29.3. The third kappa shape index (κ3) is 4.96. The topological polar surface area (TPSA) is 35.6 Å². The monoisotopic (exact) mass is 754 g/mol. The predicted molar refractivity (Wildman–Crippen MR) is 243 cm³/mol. The quantitative estimate of drug-likeness (QED) is 0.169. The van der Waals surface area contributed by atoms with Crippen LogP contribution in [0, 0.1) is 0 Å². The Labute approximate surface area is 342 Å². The number of pyridine rings is 1. The molecule has 278 valence electrons. The van der Waals surface area contributed by atoms with Crippen LogP contribution in [0.2, 0.25) is 0 Å². The Morgan fingerprint density at radius 2 is 1.19 bits per heavy atom. The minimum atomic E-state index is -0.484. The van der Waals surface area contributed by atoms with Gasteiger partial charge in [-0.3, -0.25) is 9.55 Å². The van der Waals surface area contributed by atoms with Crippen LogP contribution >= 0.6 is 0 Å². The summed E-state index contributed by atoms with van der Waals surface area (Å²) in [5, 5.41) is 1.15. The summed E-state index contributed by atoms with van der Waals surface area (Å²) in [6, 6.07) is 66.3. The van der Waals surface area contributed by atoms with Gasteiger partial charge in [0.15, 0.2) is 0 Å². The Balaban J connectivity index is 1.01. The summed E-state index contributed by atoms with van der Waals surface area (Å²) < 4.78 is 4.77. The Bertz CT molecular complexity index is 3250. The molecule has 0 unspecified atom stereocenters. The molecule has 0 bridgehead atoms. The molecule has 59 heavy (non-hydrogen) atoms. The zero-order chi connectivity index (χ0) is 38.9. The molecule has 2 aliphatic carbocycles.